The number of nitrogens with one attached hydrogen (secondary N) is 1. The summed E-state index contributed by atoms with van der Waals surface area (Å²) in [6.45, 7) is 1.38. The van der Waals surface area contributed by atoms with Gasteiger partial charge in [-0.15, -0.1) is 0 Å². The summed E-state index contributed by atoms with van der Waals surface area (Å²) < 4.78 is 7.25. The molecule has 29 heavy (non-hydrogen) atoms. The minimum absolute atomic E-state index is 0.0526. The molecular weight excluding hydrogens is 364 g/mol. The van der Waals surface area contributed by atoms with E-state index in [2.05, 4.69) is 34.7 Å². The van der Waals surface area contributed by atoms with Crippen molar-refractivity contribution < 1.29 is 9.21 Å². The molecule has 0 fully saturated rings. The summed E-state index contributed by atoms with van der Waals surface area (Å²) in [4.78, 5) is 14.7. The second-order valence-corrected chi connectivity index (χ2v) is 7.77. The van der Waals surface area contributed by atoms with Gasteiger partial charge in [-0.1, -0.05) is 30.3 Å². The smallest absolute Gasteiger partial charge is 0.274 e. The van der Waals surface area contributed by atoms with E-state index in [1.165, 1.54) is 11.3 Å². The molecule has 6 heteroatoms. The van der Waals surface area contributed by atoms with Crippen LogP contribution in [0.5, 0.6) is 0 Å². The summed E-state index contributed by atoms with van der Waals surface area (Å²) in [6, 6.07) is 14.6. The van der Waals surface area contributed by atoms with Crippen molar-refractivity contribution in [1.29, 1.82) is 0 Å². The molecule has 1 amide bonds. The normalized spacial score (nSPS) is 15.9. The average molecular weight is 393 g/mol. The maximum Gasteiger partial charge on any atom is 0.274 e. The summed E-state index contributed by atoms with van der Waals surface area (Å²) >= 11 is 0. The number of hydrogen-bond acceptors (Lipinski definition) is 4. The molecule has 2 aromatic heterocycles. The lowest BCUT2D eigenvalue weighted by Gasteiger charge is -2.25. The first-order valence-corrected chi connectivity index (χ1v) is 10.2. The maximum atomic E-state index is 13.0. The highest BCUT2D eigenvalue weighted by atomic mass is 16.3. The van der Waals surface area contributed by atoms with Gasteiger partial charge in [-0.2, -0.15) is 5.10 Å². The molecule has 3 aromatic rings. The standard InChI is InChI=1S/C23H28N4O2/c1-26(16-19-9-6-14-29-19)23(28)22-20-15-18(10-11-21(20)27(2)25-22)24-13-12-17-7-4-3-5-8-17/h3-9,14,18,24H,10-13,15-16H2,1-2H3/t18-/m1/s1. The third-order valence-electron chi connectivity index (χ3n) is 5.67. The fourth-order valence-electron chi connectivity index (χ4n) is 4.09. The maximum absolute atomic E-state index is 13.0. The number of carbonyl (C=O) groups excluding carboxylic acids is 1. The number of amides is 1. The van der Waals surface area contributed by atoms with Crippen LogP contribution in [0.2, 0.25) is 0 Å². The van der Waals surface area contributed by atoms with Crippen molar-refractivity contribution in [2.75, 3.05) is 13.6 Å². The molecule has 0 spiro atoms. The molecule has 1 aliphatic rings. The van der Waals surface area contributed by atoms with E-state index in [9.17, 15) is 4.79 Å². The van der Waals surface area contributed by atoms with E-state index in [4.69, 9.17) is 4.42 Å². The molecule has 4 rings (SSSR count). The first-order chi connectivity index (χ1) is 14.1. The third kappa shape index (κ3) is 4.43. The van der Waals surface area contributed by atoms with Crippen LogP contribution in [-0.4, -0.2) is 40.2 Å². The molecule has 1 atom stereocenters. The second-order valence-electron chi connectivity index (χ2n) is 7.77. The first-order valence-electron chi connectivity index (χ1n) is 10.2. The Morgan fingerprint density at radius 2 is 2.10 bits per heavy atom. The molecular formula is C23H28N4O2. The largest absolute Gasteiger partial charge is 0.467 e. The number of fused-ring (bicyclic) bond motifs is 1. The molecule has 152 valence electrons. The minimum Gasteiger partial charge on any atom is -0.467 e. The Kier molecular flexibility index (Phi) is 5.81. The Balaban J connectivity index is 1.41. The van der Waals surface area contributed by atoms with Gasteiger partial charge in [-0.3, -0.25) is 9.48 Å². The molecule has 0 unspecified atom stereocenters. The van der Waals surface area contributed by atoms with Crippen molar-refractivity contribution in [2.24, 2.45) is 7.05 Å². The molecule has 0 saturated heterocycles. The predicted octanol–water partition coefficient (Wildman–Crippen LogP) is 2.97. The van der Waals surface area contributed by atoms with Crippen LogP contribution >= 0.6 is 0 Å². The van der Waals surface area contributed by atoms with E-state index >= 15 is 0 Å². The zero-order chi connectivity index (χ0) is 20.2. The highest BCUT2D eigenvalue weighted by Gasteiger charge is 2.29. The Bertz CT molecular complexity index is 947. The molecule has 0 bridgehead atoms. The van der Waals surface area contributed by atoms with Gasteiger partial charge in [0.05, 0.1) is 12.8 Å². The van der Waals surface area contributed by atoms with Gasteiger partial charge in [0.1, 0.15) is 5.76 Å². The summed E-state index contributed by atoms with van der Waals surface area (Å²) in [6.07, 6.45) is 5.48. The number of furan rings is 1. The quantitative estimate of drug-likeness (QED) is 0.671. The van der Waals surface area contributed by atoms with Gasteiger partial charge in [0.2, 0.25) is 0 Å². The van der Waals surface area contributed by atoms with E-state index in [1.807, 2.05) is 29.9 Å². The fraction of sp³-hybridized carbons (Fsp3) is 0.391. The molecule has 1 aliphatic carbocycles. The van der Waals surface area contributed by atoms with Gasteiger partial charge in [0.25, 0.3) is 5.91 Å². The van der Waals surface area contributed by atoms with E-state index in [1.54, 1.807) is 18.2 Å². The lowest BCUT2D eigenvalue weighted by Crippen LogP contribution is -2.37. The van der Waals surface area contributed by atoms with Gasteiger partial charge in [0.15, 0.2) is 5.69 Å². The van der Waals surface area contributed by atoms with Crippen molar-refractivity contribution in [3.05, 3.63) is 77.0 Å². The number of carbonyl (C=O) groups is 1. The SMILES string of the molecule is CN(Cc1ccco1)C(=O)c1nn(C)c2c1C[C@H](NCCc1ccccc1)CC2. The second kappa shape index (κ2) is 8.66. The van der Waals surface area contributed by atoms with Crippen LogP contribution in [0.1, 0.15) is 39.5 Å². The van der Waals surface area contributed by atoms with Gasteiger partial charge < -0.3 is 14.6 Å². The Hall–Kier alpha value is -2.86. The Morgan fingerprint density at radius 1 is 1.28 bits per heavy atom. The number of rotatable bonds is 7. The van der Waals surface area contributed by atoms with Crippen molar-refractivity contribution in [3.8, 4) is 0 Å². The van der Waals surface area contributed by atoms with Crippen LogP contribution in [0.25, 0.3) is 0 Å². The third-order valence-corrected chi connectivity index (χ3v) is 5.67. The Labute approximate surface area is 171 Å². The molecule has 6 nitrogen and oxygen atoms in total. The van der Waals surface area contributed by atoms with Gasteiger partial charge in [-0.25, -0.2) is 0 Å². The van der Waals surface area contributed by atoms with Crippen molar-refractivity contribution >= 4 is 5.91 Å². The zero-order valence-corrected chi connectivity index (χ0v) is 17.1. The van der Waals surface area contributed by atoms with E-state index in [-0.39, 0.29) is 5.91 Å². The van der Waals surface area contributed by atoms with Crippen LogP contribution in [0.3, 0.4) is 0 Å². The number of nitrogens with zero attached hydrogens (tertiary/aromatic N) is 3. The number of aromatic nitrogens is 2. The highest BCUT2D eigenvalue weighted by Crippen LogP contribution is 2.25. The number of hydrogen-bond donors (Lipinski definition) is 1. The van der Waals surface area contributed by atoms with Gasteiger partial charge in [-0.05, 0) is 49.9 Å². The lowest BCUT2D eigenvalue weighted by atomic mass is 9.91. The van der Waals surface area contributed by atoms with E-state index in [0.717, 1.165) is 43.6 Å². The van der Waals surface area contributed by atoms with Gasteiger partial charge >= 0.3 is 0 Å². The average Bonchev–Trinajstić information content (AvgIpc) is 3.36. The number of benzene rings is 1. The molecule has 0 aliphatic heterocycles. The minimum atomic E-state index is -0.0526. The number of aryl methyl sites for hydroxylation is 1. The lowest BCUT2D eigenvalue weighted by molar-refractivity contribution is 0.0767. The summed E-state index contributed by atoms with van der Waals surface area (Å²) in [7, 11) is 3.73. The molecule has 1 aromatic carbocycles. The van der Waals surface area contributed by atoms with Crippen LogP contribution in [0, 0.1) is 0 Å². The summed E-state index contributed by atoms with van der Waals surface area (Å²) in [5, 5.41) is 8.25. The molecule has 0 radical (unpaired) electrons. The zero-order valence-electron chi connectivity index (χ0n) is 17.1. The van der Waals surface area contributed by atoms with E-state index in [0.29, 0.717) is 18.3 Å². The van der Waals surface area contributed by atoms with Crippen LogP contribution in [-0.2, 0) is 32.9 Å². The topological polar surface area (TPSA) is 63.3 Å². The van der Waals surface area contributed by atoms with Crippen LogP contribution < -0.4 is 5.32 Å². The first kappa shape index (κ1) is 19.5. The molecule has 2 heterocycles. The van der Waals surface area contributed by atoms with Crippen molar-refractivity contribution in [3.63, 3.8) is 0 Å². The summed E-state index contributed by atoms with van der Waals surface area (Å²) in [5.41, 5.74) is 4.19. The van der Waals surface area contributed by atoms with Crippen molar-refractivity contribution in [2.45, 2.75) is 38.3 Å². The van der Waals surface area contributed by atoms with Crippen LogP contribution in [0.4, 0.5) is 0 Å². The molecule has 1 N–H and O–H groups in total. The van der Waals surface area contributed by atoms with Crippen LogP contribution in [0.15, 0.2) is 53.1 Å². The van der Waals surface area contributed by atoms with Crippen molar-refractivity contribution in [1.82, 2.24) is 20.0 Å². The summed E-state index contributed by atoms with van der Waals surface area (Å²) in [5.74, 6) is 0.717. The predicted molar refractivity (Wildman–Crippen MR) is 112 cm³/mol. The highest BCUT2D eigenvalue weighted by molar-refractivity contribution is 5.94. The monoisotopic (exact) mass is 392 g/mol. The van der Waals surface area contributed by atoms with Gasteiger partial charge in [0, 0.05) is 31.4 Å². The fourth-order valence-corrected chi connectivity index (χ4v) is 4.09. The molecule has 0 saturated carbocycles. The van der Waals surface area contributed by atoms with E-state index < -0.39 is 0 Å². The Morgan fingerprint density at radius 3 is 2.86 bits per heavy atom.